The number of ether oxygens (including phenoxy) is 1. The van der Waals surface area contributed by atoms with Crippen LogP contribution in [0, 0.1) is 5.92 Å². The van der Waals surface area contributed by atoms with Crippen LogP contribution in [-0.2, 0) is 32.6 Å². The predicted octanol–water partition coefficient (Wildman–Crippen LogP) is 1.68. The summed E-state index contributed by atoms with van der Waals surface area (Å²) in [5, 5.41) is 56.0. The van der Waals surface area contributed by atoms with Gasteiger partial charge in [-0.25, -0.2) is 9.59 Å². The number of carboxylic acids is 2. The quantitative estimate of drug-likeness (QED) is 0.219. The molecule has 47 heavy (non-hydrogen) atoms. The molecule has 2 saturated carbocycles. The lowest BCUT2D eigenvalue weighted by Gasteiger charge is -2.64. The van der Waals surface area contributed by atoms with Crippen molar-refractivity contribution in [1.82, 2.24) is 9.80 Å². The molecule has 3 fully saturated rings. The first kappa shape index (κ1) is 33.2. The lowest BCUT2D eigenvalue weighted by molar-refractivity contribution is -0.200. The normalized spacial score (nSPS) is 29.7. The van der Waals surface area contributed by atoms with Gasteiger partial charge in [0.2, 0.25) is 5.91 Å². The Bertz CT molecular complexity index is 1500. The van der Waals surface area contributed by atoms with E-state index in [0.717, 1.165) is 50.3 Å². The number of hydrogen-bond acceptors (Lipinski definition) is 9. The monoisotopic (exact) mass is 652 g/mol. The molecular weight excluding hydrogens is 608 g/mol. The van der Waals surface area contributed by atoms with Crippen molar-refractivity contribution < 1.29 is 49.8 Å². The van der Waals surface area contributed by atoms with Crippen LogP contribution in [0.5, 0.6) is 11.5 Å². The number of likely N-dealkylation sites (tertiary alicyclic amines) is 1. The highest BCUT2D eigenvalue weighted by molar-refractivity contribution is 5.83. The molecule has 1 spiro atoms. The van der Waals surface area contributed by atoms with E-state index in [4.69, 9.17) is 25.2 Å². The lowest BCUT2D eigenvalue weighted by Crippen LogP contribution is -2.78. The highest BCUT2D eigenvalue weighted by atomic mass is 16.5. The summed E-state index contributed by atoms with van der Waals surface area (Å²) in [6.07, 6.45) is 2.86. The van der Waals surface area contributed by atoms with Gasteiger partial charge < -0.3 is 40.3 Å². The molecule has 2 aliphatic heterocycles. The number of phenolic OH excluding ortho intramolecular Hbond substituents is 1. The van der Waals surface area contributed by atoms with Crippen LogP contribution in [0.2, 0.25) is 0 Å². The Hall–Kier alpha value is -3.71. The Morgan fingerprint density at radius 3 is 2.32 bits per heavy atom. The fraction of sp³-hybridized carbons (Fsp3) is 0.571. The Balaban J connectivity index is 0.000000337. The molecule has 3 aliphatic carbocycles. The molecule has 2 aromatic rings. The van der Waals surface area contributed by atoms with Crippen molar-refractivity contribution in [3.63, 3.8) is 0 Å². The molecule has 0 aromatic heterocycles. The molecule has 1 saturated heterocycles. The van der Waals surface area contributed by atoms with Crippen LogP contribution >= 0.6 is 0 Å². The molecular formula is C35H44N2O10. The minimum Gasteiger partial charge on any atom is -0.504 e. The Labute approximate surface area is 273 Å². The van der Waals surface area contributed by atoms with E-state index in [1.165, 1.54) is 24.0 Å². The van der Waals surface area contributed by atoms with Gasteiger partial charge >= 0.3 is 11.9 Å². The van der Waals surface area contributed by atoms with E-state index in [1.807, 2.05) is 36.2 Å². The van der Waals surface area contributed by atoms with Gasteiger partial charge in [0.15, 0.2) is 23.7 Å². The number of benzene rings is 2. The minimum atomic E-state index is -2.27. The number of aryl methyl sites for hydroxylation is 1. The topological polar surface area (TPSA) is 188 Å². The summed E-state index contributed by atoms with van der Waals surface area (Å²) < 4.78 is 6.64. The smallest absolute Gasteiger partial charge is 0.335 e. The minimum absolute atomic E-state index is 0.0590. The number of nitrogens with zero attached hydrogens (tertiary/aromatic N) is 2. The molecule has 2 aromatic carbocycles. The number of phenols is 1. The molecule has 2 unspecified atom stereocenters. The van der Waals surface area contributed by atoms with Gasteiger partial charge in [0, 0.05) is 31.6 Å². The maximum absolute atomic E-state index is 13.4. The van der Waals surface area contributed by atoms with E-state index < -0.39 is 35.2 Å². The van der Waals surface area contributed by atoms with Gasteiger partial charge in [0.05, 0.1) is 17.1 Å². The number of aliphatic hydroxyl groups is 3. The van der Waals surface area contributed by atoms with Crippen LogP contribution in [0.25, 0.3) is 0 Å². The molecule has 6 N–H and O–H groups in total. The zero-order valence-electron chi connectivity index (χ0n) is 26.5. The second-order valence-electron chi connectivity index (χ2n) is 13.8. The number of piperidine rings is 1. The Morgan fingerprint density at radius 1 is 1.00 bits per heavy atom. The van der Waals surface area contributed by atoms with Crippen molar-refractivity contribution in [3.8, 4) is 11.5 Å². The van der Waals surface area contributed by atoms with Gasteiger partial charge in [0.25, 0.3) is 0 Å². The predicted molar refractivity (Wildman–Crippen MR) is 168 cm³/mol. The largest absolute Gasteiger partial charge is 0.504 e. The summed E-state index contributed by atoms with van der Waals surface area (Å²) in [7, 11) is 1.91. The van der Waals surface area contributed by atoms with Crippen LogP contribution in [-0.4, -0.2) is 114 Å². The van der Waals surface area contributed by atoms with Crippen molar-refractivity contribution in [3.05, 3.63) is 59.2 Å². The summed E-state index contributed by atoms with van der Waals surface area (Å²) in [5.41, 5.74) is 1.98. The molecule has 12 nitrogen and oxygen atoms in total. The van der Waals surface area contributed by atoms with Crippen LogP contribution in [0.15, 0.2) is 42.5 Å². The van der Waals surface area contributed by atoms with Gasteiger partial charge in [0.1, 0.15) is 6.10 Å². The van der Waals surface area contributed by atoms with Gasteiger partial charge in [-0.2, -0.15) is 0 Å². The van der Waals surface area contributed by atoms with Crippen molar-refractivity contribution >= 4 is 17.8 Å². The Kier molecular flexibility index (Phi) is 8.98. The number of rotatable bonds is 10. The highest BCUT2D eigenvalue weighted by Gasteiger charge is 2.73. The standard InChI is InChI=1S/C31H38N2O4.C4H6O6/c1-32(26(35)9-5-8-20-6-3-2-4-7-20)23-14-15-31(36)25-18-22-12-13-24(34)28-27(22)30(31,29(23)37-28)16-17-33(25)19-21-10-11-21;5-1(3(7)8)2(6)4(9)10/h2-4,6-7,12-13,21,23,25,29,34,36H,5,8-11,14-19H2,1H3;1-2,5-6H,(H,7,8)(H,9,10)/t23-,25-,29+,30+,31-;/m1./s1. The van der Waals surface area contributed by atoms with E-state index in [-0.39, 0.29) is 29.8 Å². The summed E-state index contributed by atoms with van der Waals surface area (Å²) in [6, 6.07) is 14.0. The average Bonchev–Trinajstić information content (AvgIpc) is 3.80. The number of carboxylic acid groups (broad SMARTS) is 2. The second kappa shape index (κ2) is 12.7. The molecule has 12 heteroatoms. The van der Waals surface area contributed by atoms with Crippen molar-refractivity contribution in [1.29, 1.82) is 0 Å². The van der Waals surface area contributed by atoms with E-state index in [2.05, 4.69) is 17.0 Å². The van der Waals surface area contributed by atoms with Gasteiger partial charge in [-0.1, -0.05) is 36.4 Å². The molecule has 7 rings (SSSR count). The van der Waals surface area contributed by atoms with Gasteiger partial charge in [-0.15, -0.1) is 0 Å². The van der Waals surface area contributed by atoms with E-state index >= 15 is 0 Å². The lowest BCUT2D eigenvalue weighted by atomic mass is 9.48. The number of amides is 1. The zero-order chi connectivity index (χ0) is 33.7. The third-order valence-electron chi connectivity index (χ3n) is 11.1. The summed E-state index contributed by atoms with van der Waals surface area (Å²) in [4.78, 5) is 37.4. The highest BCUT2D eigenvalue weighted by Crippen LogP contribution is 2.66. The van der Waals surface area contributed by atoms with E-state index in [1.54, 1.807) is 6.07 Å². The molecule has 2 heterocycles. The SMILES string of the molecule is CN(C(=O)CCCc1ccccc1)[C@@H]1CC[C@@]2(O)[C@H]3Cc4ccc(O)c5c4[C@@]2(CCN3CC2CC2)[C@H]1O5.O=C(O)C(O)C(O)C(=O)O. The van der Waals surface area contributed by atoms with Crippen LogP contribution < -0.4 is 4.74 Å². The van der Waals surface area contributed by atoms with E-state index in [9.17, 15) is 24.6 Å². The van der Waals surface area contributed by atoms with Crippen LogP contribution in [0.4, 0.5) is 0 Å². The Morgan fingerprint density at radius 2 is 1.68 bits per heavy atom. The first-order chi connectivity index (χ1) is 22.4. The number of carbonyl (C=O) groups is 3. The number of aliphatic hydroxyl groups excluding tert-OH is 2. The number of carbonyl (C=O) groups excluding carboxylic acids is 1. The molecule has 0 radical (unpaired) electrons. The molecule has 2 bridgehead atoms. The maximum Gasteiger partial charge on any atom is 0.335 e. The number of aromatic hydroxyl groups is 1. The van der Waals surface area contributed by atoms with Crippen LogP contribution in [0.1, 0.15) is 61.6 Å². The molecule has 5 aliphatic rings. The summed E-state index contributed by atoms with van der Waals surface area (Å²) in [6.45, 7) is 2.00. The third-order valence-corrected chi connectivity index (χ3v) is 11.1. The summed E-state index contributed by atoms with van der Waals surface area (Å²) >= 11 is 0. The summed E-state index contributed by atoms with van der Waals surface area (Å²) in [5.74, 6) is -1.94. The van der Waals surface area contributed by atoms with E-state index in [0.29, 0.717) is 25.0 Å². The maximum atomic E-state index is 13.4. The van der Waals surface area contributed by atoms with Crippen molar-refractivity contribution in [2.24, 2.45) is 5.92 Å². The van der Waals surface area contributed by atoms with Gasteiger partial charge in [-0.3, -0.25) is 9.69 Å². The first-order valence-corrected chi connectivity index (χ1v) is 16.5. The number of likely N-dealkylation sites (N-methyl/N-ethyl adjacent to an activating group) is 1. The second-order valence-corrected chi connectivity index (χ2v) is 13.8. The third kappa shape index (κ3) is 5.75. The average molecular weight is 653 g/mol. The fourth-order valence-corrected chi connectivity index (χ4v) is 8.57. The molecule has 254 valence electrons. The van der Waals surface area contributed by atoms with Crippen LogP contribution in [0.3, 0.4) is 0 Å². The number of aliphatic carboxylic acids is 2. The molecule has 1 amide bonds. The first-order valence-electron chi connectivity index (χ1n) is 16.5. The van der Waals surface area contributed by atoms with Crippen molar-refractivity contribution in [2.75, 3.05) is 20.1 Å². The fourth-order valence-electron chi connectivity index (χ4n) is 8.57. The van der Waals surface area contributed by atoms with Gasteiger partial charge in [-0.05, 0) is 81.0 Å². The zero-order valence-corrected chi connectivity index (χ0v) is 26.5. The van der Waals surface area contributed by atoms with Crippen molar-refractivity contribution in [2.45, 2.75) is 99.2 Å². The molecule has 7 atom stereocenters. The number of hydrogen-bond donors (Lipinski definition) is 6.